The third-order valence-electron chi connectivity index (χ3n) is 1.14. The standard InChI is InChI=1S/C6H9BrN2S/c7-5-3-6(10-4-5)1-2-9-8/h3-4,9H,1-2,8H2. The Kier molecular flexibility index (Phi) is 3.34. The first kappa shape index (κ1) is 8.20. The van der Waals surface area contributed by atoms with E-state index in [0.29, 0.717) is 0 Å². The Balaban J connectivity index is 2.42. The van der Waals surface area contributed by atoms with Gasteiger partial charge in [0, 0.05) is 21.3 Å². The van der Waals surface area contributed by atoms with Crippen LogP contribution in [0.3, 0.4) is 0 Å². The molecule has 0 saturated carbocycles. The Labute approximate surface area is 72.5 Å². The van der Waals surface area contributed by atoms with Crippen LogP contribution in [-0.2, 0) is 6.42 Å². The number of hydrogen-bond acceptors (Lipinski definition) is 3. The fraction of sp³-hybridized carbons (Fsp3) is 0.333. The van der Waals surface area contributed by atoms with E-state index in [9.17, 15) is 0 Å². The molecule has 0 bridgehead atoms. The van der Waals surface area contributed by atoms with Gasteiger partial charge >= 0.3 is 0 Å². The minimum atomic E-state index is 0.840. The highest BCUT2D eigenvalue weighted by atomic mass is 79.9. The lowest BCUT2D eigenvalue weighted by Crippen LogP contribution is -2.24. The monoisotopic (exact) mass is 220 g/mol. The van der Waals surface area contributed by atoms with E-state index < -0.39 is 0 Å². The Morgan fingerprint density at radius 1 is 1.70 bits per heavy atom. The van der Waals surface area contributed by atoms with Crippen molar-refractivity contribution in [2.45, 2.75) is 6.42 Å². The molecule has 1 aromatic heterocycles. The van der Waals surface area contributed by atoms with Gasteiger partial charge in [-0.1, -0.05) is 0 Å². The highest BCUT2D eigenvalue weighted by molar-refractivity contribution is 9.10. The zero-order chi connectivity index (χ0) is 7.40. The molecule has 0 aliphatic heterocycles. The Bertz CT molecular complexity index is 199. The second-order valence-corrected chi connectivity index (χ2v) is 3.85. The predicted molar refractivity (Wildman–Crippen MR) is 47.9 cm³/mol. The molecule has 0 spiro atoms. The van der Waals surface area contributed by atoms with Crippen molar-refractivity contribution in [3.63, 3.8) is 0 Å². The summed E-state index contributed by atoms with van der Waals surface area (Å²) < 4.78 is 1.16. The molecule has 0 atom stereocenters. The van der Waals surface area contributed by atoms with E-state index in [2.05, 4.69) is 32.8 Å². The molecule has 0 aromatic carbocycles. The summed E-state index contributed by atoms with van der Waals surface area (Å²) in [6.45, 7) is 0.840. The van der Waals surface area contributed by atoms with E-state index in [-0.39, 0.29) is 0 Å². The molecule has 0 unspecified atom stereocenters. The predicted octanol–water partition coefficient (Wildman–Crippen LogP) is 1.52. The average molecular weight is 221 g/mol. The van der Waals surface area contributed by atoms with Gasteiger partial charge in [-0.25, -0.2) is 0 Å². The molecule has 56 valence electrons. The minimum absolute atomic E-state index is 0.840. The van der Waals surface area contributed by atoms with Gasteiger partial charge in [-0.05, 0) is 28.4 Å². The SMILES string of the molecule is NNCCc1cc(Br)cs1. The van der Waals surface area contributed by atoms with Crippen LogP contribution >= 0.6 is 27.3 Å². The zero-order valence-corrected chi connectivity index (χ0v) is 7.83. The molecule has 0 radical (unpaired) electrons. The summed E-state index contributed by atoms with van der Waals surface area (Å²) in [4.78, 5) is 1.35. The molecule has 3 N–H and O–H groups in total. The van der Waals surface area contributed by atoms with Gasteiger partial charge < -0.3 is 0 Å². The van der Waals surface area contributed by atoms with E-state index in [1.165, 1.54) is 4.88 Å². The first-order chi connectivity index (χ1) is 4.83. The molecule has 0 aliphatic carbocycles. The van der Waals surface area contributed by atoms with Crippen LogP contribution in [0, 0.1) is 0 Å². The van der Waals surface area contributed by atoms with Crippen LogP contribution in [0.1, 0.15) is 4.88 Å². The van der Waals surface area contributed by atoms with Gasteiger partial charge in [0.1, 0.15) is 0 Å². The number of thiophene rings is 1. The highest BCUT2D eigenvalue weighted by Crippen LogP contribution is 2.19. The first-order valence-corrected chi connectivity index (χ1v) is 4.66. The minimum Gasteiger partial charge on any atom is -0.271 e. The van der Waals surface area contributed by atoms with Gasteiger partial charge in [-0.15, -0.1) is 11.3 Å². The lowest BCUT2D eigenvalue weighted by Gasteiger charge is -1.93. The van der Waals surface area contributed by atoms with Crippen molar-refractivity contribution in [2.24, 2.45) is 5.84 Å². The van der Waals surface area contributed by atoms with Crippen molar-refractivity contribution in [2.75, 3.05) is 6.54 Å². The molecule has 2 nitrogen and oxygen atoms in total. The molecule has 0 saturated heterocycles. The third kappa shape index (κ3) is 2.38. The van der Waals surface area contributed by atoms with Crippen LogP contribution in [0.25, 0.3) is 0 Å². The van der Waals surface area contributed by atoms with Gasteiger partial charge in [0.25, 0.3) is 0 Å². The summed E-state index contributed by atoms with van der Waals surface area (Å²) >= 11 is 5.13. The maximum absolute atomic E-state index is 5.13. The molecule has 4 heteroatoms. The number of halogens is 1. The zero-order valence-electron chi connectivity index (χ0n) is 5.43. The largest absolute Gasteiger partial charge is 0.271 e. The molecular formula is C6H9BrN2S. The normalized spacial score (nSPS) is 10.2. The van der Waals surface area contributed by atoms with E-state index in [1.54, 1.807) is 11.3 Å². The van der Waals surface area contributed by atoms with Gasteiger partial charge in [-0.2, -0.15) is 0 Å². The third-order valence-corrected chi connectivity index (χ3v) is 2.89. The van der Waals surface area contributed by atoms with Crippen LogP contribution in [0.2, 0.25) is 0 Å². The van der Waals surface area contributed by atoms with Crippen LogP contribution < -0.4 is 11.3 Å². The van der Waals surface area contributed by atoms with Crippen molar-refractivity contribution < 1.29 is 0 Å². The molecule has 1 heterocycles. The lowest BCUT2D eigenvalue weighted by atomic mass is 10.3. The summed E-state index contributed by atoms with van der Waals surface area (Å²) in [7, 11) is 0. The Morgan fingerprint density at radius 3 is 3.00 bits per heavy atom. The smallest absolute Gasteiger partial charge is 0.0285 e. The Hall–Kier alpha value is 0.1000. The molecule has 0 aliphatic rings. The summed E-state index contributed by atoms with van der Waals surface area (Å²) in [6, 6.07) is 2.11. The van der Waals surface area contributed by atoms with Crippen molar-refractivity contribution in [3.8, 4) is 0 Å². The quantitative estimate of drug-likeness (QED) is 0.599. The molecular weight excluding hydrogens is 212 g/mol. The van der Waals surface area contributed by atoms with Crippen molar-refractivity contribution in [1.29, 1.82) is 0 Å². The van der Waals surface area contributed by atoms with Crippen LogP contribution in [0.5, 0.6) is 0 Å². The van der Waals surface area contributed by atoms with Gasteiger partial charge in [0.15, 0.2) is 0 Å². The molecule has 10 heavy (non-hydrogen) atoms. The number of hydrogen-bond donors (Lipinski definition) is 2. The fourth-order valence-corrected chi connectivity index (χ4v) is 2.14. The second-order valence-electron chi connectivity index (χ2n) is 1.94. The molecule has 0 amide bonds. The van der Waals surface area contributed by atoms with Crippen molar-refractivity contribution in [3.05, 3.63) is 20.8 Å². The van der Waals surface area contributed by atoms with Gasteiger partial charge in [0.2, 0.25) is 0 Å². The van der Waals surface area contributed by atoms with Crippen LogP contribution in [0.4, 0.5) is 0 Å². The van der Waals surface area contributed by atoms with E-state index >= 15 is 0 Å². The highest BCUT2D eigenvalue weighted by Gasteiger charge is 1.94. The summed E-state index contributed by atoms with van der Waals surface area (Å²) in [5, 5.41) is 2.08. The maximum Gasteiger partial charge on any atom is 0.0285 e. The molecule has 0 fully saturated rings. The molecule has 1 aromatic rings. The maximum atomic E-state index is 5.13. The number of rotatable bonds is 3. The van der Waals surface area contributed by atoms with Crippen LogP contribution in [0.15, 0.2) is 15.9 Å². The van der Waals surface area contributed by atoms with E-state index in [4.69, 9.17) is 5.84 Å². The Morgan fingerprint density at radius 2 is 2.50 bits per heavy atom. The lowest BCUT2D eigenvalue weighted by molar-refractivity contribution is 0.733. The van der Waals surface area contributed by atoms with Crippen molar-refractivity contribution in [1.82, 2.24) is 5.43 Å². The fourth-order valence-electron chi connectivity index (χ4n) is 0.680. The summed E-state index contributed by atoms with van der Waals surface area (Å²) in [5.74, 6) is 5.13. The number of nitrogens with one attached hydrogen (secondary N) is 1. The average Bonchev–Trinajstić information content (AvgIpc) is 2.31. The second kappa shape index (κ2) is 4.08. The number of nitrogens with two attached hydrogens (primary N) is 1. The van der Waals surface area contributed by atoms with Crippen LogP contribution in [-0.4, -0.2) is 6.54 Å². The first-order valence-electron chi connectivity index (χ1n) is 2.99. The van der Waals surface area contributed by atoms with E-state index in [0.717, 1.165) is 17.4 Å². The number of hydrazine groups is 1. The topological polar surface area (TPSA) is 38.0 Å². The van der Waals surface area contributed by atoms with Gasteiger partial charge in [0.05, 0.1) is 0 Å². The van der Waals surface area contributed by atoms with E-state index in [1.807, 2.05) is 0 Å². The summed E-state index contributed by atoms with van der Waals surface area (Å²) in [6.07, 6.45) is 1.01. The summed E-state index contributed by atoms with van der Waals surface area (Å²) in [5.41, 5.74) is 2.62. The van der Waals surface area contributed by atoms with Gasteiger partial charge in [-0.3, -0.25) is 11.3 Å². The molecule has 1 rings (SSSR count). The van der Waals surface area contributed by atoms with Crippen molar-refractivity contribution >= 4 is 27.3 Å².